The van der Waals surface area contributed by atoms with Crippen molar-refractivity contribution in [2.75, 3.05) is 42.5 Å². The molecule has 1 spiro atoms. The average molecular weight is 979 g/mol. The molecule has 6 heterocycles. The van der Waals surface area contributed by atoms with Crippen LogP contribution in [0.25, 0.3) is 11.3 Å². The van der Waals surface area contributed by atoms with Crippen molar-refractivity contribution in [2.45, 2.75) is 113 Å². The number of carbonyl (C=O) groups excluding carboxylic acids is 4. The molecule has 69 heavy (non-hydrogen) atoms. The van der Waals surface area contributed by atoms with Gasteiger partial charge in [0.1, 0.15) is 17.4 Å². The summed E-state index contributed by atoms with van der Waals surface area (Å²) in [5.41, 5.74) is -1.43. The van der Waals surface area contributed by atoms with Gasteiger partial charge in [0.15, 0.2) is 0 Å². The topological polar surface area (TPSA) is 217 Å². The zero-order chi connectivity index (χ0) is 49.2. The van der Waals surface area contributed by atoms with Gasteiger partial charge in [0.2, 0.25) is 27.8 Å². The highest BCUT2D eigenvalue weighted by molar-refractivity contribution is 7.89. The largest absolute Gasteiger partial charge is 0.419 e. The number of rotatable bonds is 11. The third-order valence-corrected chi connectivity index (χ3v) is 15.4. The number of anilines is 3. The molecule has 1 saturated carbocycles. The monoisotopic (exact) mass is 978 g/mol. The van der Waals surface area contributed by atoms with Crippen LogP contribution < -0.4 is 20.3 Å². The van der Waals surface area contributed by atoms with Crippen molar-refractivity contribution in [3.05, 3.63) is 77.5 Å². The third-order valence-electron chi connectivity index (χ3n) is 14.5. The molecule has 1 atom stereocenters. The maximum atomic E-state index is 16.0. The summed E-state index contributed by atoms with van der Waals surface area (Å²) in [6.45, 7) is 7.28. The van der Waals surface area contributed by atoms with Crippen LogP contribution in [0.3, 0.4) is 0 Å². The van der Waals surface area contributed by atoms with E-state index in [0.29, 0.717) is 25.0 Å². The average Bonchev–Trinajstić information content (AvgIpc) is 3.85. The number of halogens is 4. The molecule has 17 nitrogen and oxygen atoms in total. The number of imide groups is 2. The Labute approximate surface area is 396 Å². The van der Waals surface area contributed by atoms with Crippen LogP contribution in [0.4, 0.5) is 34.9 Å². The highest BCUT2D eigenvalue weighted by Gasteiger charge is 2.46. The van der Waals surface area contributed by atoms with Gasteiger partial charge in [0.25, 0.3) is 11.8 Å². The Kier molecular flexibility index (Phi) is 12.7. The summed E-state index contributed by atoms with van der Waals surface area (Å²) in [7, 11) is -4.28. The predicted octanol–water partition coefficient (Wildman–Crippen LogP) is 5.40. The van der Waals surface area contributed by atoms with Crippen molar-refractivity contribution in [2.24, 2.45) is 16.5 Å². The lowest BCUT2D eigenvalue weighted by molar-refractivity contribution is -0.138. The molecule has 9 rings (SSSR count). The molecule has 368 valence electrons. The number of amides is 4. The number of aliphatic hydroxyl groups is 1. The molecule has 4 amide bonds. The van der Waals surface area contributed by atoms with E-state index in [1.165, 1.54) is 41.9 Å². The number of nitrogens with two attached hydrogens (primary N) is 1. The van der Waals surface area contributed by atoms with Gasteiger partial charge in [0, 0.05) is 55.7 Å². The van der Waals surface area contributed by atoms with Crippen molar-refractivity contribution in [1.29, 1.82) is 0 Å². The number of primary sulfonamides is 1. The first-order valence-electron chi connectivity index (χ1n) is 23.2. The highest BCUT2D eigenvalue weighted by atomic mass is 32.2. The summed E-state index contributed by atoms with van der Waals surface area (Å²) < 4.78 is 85.0. The lowest BCUT2D eigenvalue weighted by Crippen LogP contribution is -2.54. The Hall–Kier alpha value is -5.84. The number of piperidine rings is 3. The van der Waals surface area contributed by atoms with E-state index >= 15 is 4.39 Å². The van der Waals surface area contributed by atoms with Crippen molar-refractivity contribution >= 4 is 51.0 Å². The van der Waals surface area contributed by atoms with Gasteiger partial charge < -0.3 is 19.8 Å². The minimum Gasteiger partial charge on any atom is -0.389 e. The van der Waals surface area contributed by atoms with Gasteiger partial charge in [-0.3, -0.25) is 34.1 Å². The van der Waals surface area contributed by atoms with Crippen LogP contribution in [0.5, 0.6) is 0 Å². The number of hydrogen-bond donors (Lipinski definition) is 3. The minimum atomic E-state index is -4.86. The van der Waals surface area contributed by atoms with Gasteiger partial charge in [-0.2, -0.15) is 18.3 Å². The standard InChI is InChI=1S/C47H54F4N10O7S/c1-45(2,66)27-59-26-29(23-54-59)40-35(47(49,50)51)24-53-44(56-40)60(37-10-8-32(22-36(37)48)69(52,67)68)30-5-3-28(4-6-30)25-57-17-13-46(14-18-57)15-19-58(20-16-46)31-7-9-33-34(21-31)43(65)61(42(33)64)38-11-12-39(62)55-41(38)63/h7-10,21-24,26,28,30,38,66H,3-6,11-20,25,27H2,1-2H3,(H2,52,67,68)(H,55,62,63). The number of alkyl halides is 3. The second kappa shape index (κ2) is 18.2. The van der Waals surface area contributed by atoms with Crippen molar-refractivity contribution in [1.82, 2.24) is 34.9 Å². The van der Waals surface area contributed by atoms with E-state index < -0.39 is 79.5 Å². The van der Waals surface area contributed by atoms with E-state index in [0.717, 1.165) is 94.0 Å². The molecule has 4 N–H and O–H groups in total. The van der Waals surface area contributed by atoms with E-state index in [1.54, 1.807) is 12.1 Å². The SMILES string of the molecule is CC(C)(O)Cn1cc(-c2nc(N(c3ccc(S(N)(=O)=O)cc3F)C3CCC(CN4CCC5(CC4)CCN(c4ccc6c(c4)C(=O)N(C4CCC(=O)NC4=O)C6=O)CC5)CC3)ncc2C(F)(F)F)cn1. The molecule has 4 fully saturated rings. The lowest BCUT2D eigenvalue weighted by Gasteiger charge is -2.48. The van der Waals surface area contributed by atoms with E-state index in [4.69, 9.17) is 5.14 Å². The number of likely N-dealkylation sites (tertiary alicyclic amines) is 1. The Morgan fingerprint density at radius 1 is 0.899 bits per heavy atom. The predicted molar refractivity (Wildman–Crippen MR) is 243 cm³/mol. The summed E-state index contributed by atoms with van der Waals surface area (Å²) in [5.74, 6) is -3.01. The zero-order valence-electron chi connectivity index (χ0n) is 38.2. The van der Waals surface area contributed by atoms with E-state index in [9.17, 15) is 45.9 Å². The van der Waals surface area contributed by atoms with Crippen LogP contribution in [0, 0.1) is 17.2 Å². The molecule has 4 aromatic rings. The van der Waals surface area contributed by atoms with Crippen LogP contribution >= 0.6 is 0 Å². The molecule has 2 aromatic heterocycles. The van der Waals surface area contributed by atoms with Crippen molar-refractivity contribution in [3.63, 3.8) is 0 Å². The van der Waals surface area contributed by atoms with Crippen LogP contribution in [-0.2, 0) is 32.3 Å². The molecule has 1 aliphatic carbocycles. The smallest absolute Gasteiger partial charge is 0.389 e. The number of aromatic nitrogens is 4. The maximum absolute atomic E-state index is 16.0. The van der Waals surface area contributed by atoms with Gasteiger partial charge in [-0.15, -0.1) is 0 Å². The Morgan fingerprint density at radius 3 is 2.22 bits per heavy atom. The zero-order valence-corrected chi connectivity index (χ0v) is 39.0. The summed E-state index contributed by atoms with van der Waals surface area (Å²) in [6, 6.07) is 6.90. The van der Waals surface area contributed by atoms with Gasteiger partial charge in [-0.1, -0.05) is 0 Å². The van der Waals surface area contributed by atoms with Crippen molar-refractivity contribution in [3.8, 4) is 11.3 Å². The second-order valence-corrected chi connectivity index (χ2v) is 21.4. The maximum Gasteiger partial charge on any atom is 0.419 e. The first kappa shape index (κ1) is 48.2. The lowest BCUT2D eigenvalue weighted by atomic mass is 9.71. The van der Waals surface area contributed by atoms with Crippen LogP contribution in [0.15, 0.2) is 59.9 Å². The van der Waals surface area contributed by atoms with Gasteiger partial charge in [0.05, 0.1) is 45.7 Å². The molecular weight excluding hydrogens is 925 g/mol. The van der Waals surface area contributed by atoms with E-state index in [1.807, 2.05) is 6.07 Å². The second-order valence-electron chi connectivity index (χ2n) is 19.8. The summed E-state index contributed by atoms with van der Waals surface area (Å²) in [4.78, 5) is 66.1. The molecule has 4 aliphatic heterocycles. The summed E-state index contributed by atoms with van der Waals surface area (Å²) in [6.07, 6.45) is 4.94. The third kappa shape index (κ3) is 9.98. The van der Waals surface area contributed by atoms with Gasteiger partial charge in [-0.25, -0.2) is 27.9 Å². The summed E-state index contributed by atoms with van der Waals surface area (Å²) in [5, 5.41) is 22.0. The molecule has 22 heteroatoms. The first-order chi connectivity index (χ1) is 32.6. The molecule has 0 radical (unpaired) electrons. The number of fused-ring (bicyclic) bond motifs is 1. The van der Waals surface area contributed by atoms with Gasteiger partial charge in [-0.05, 0) is 132 Å². The minimum absolute atomic E-state index is 0.00878. The molecule has 5 aliphatic rings. The Morgan fingerprint density at radius 2 is 1.58 bits per heavy atom. The number of nitrogens with one attached hydrogen (secondary N) is 1. The van der Waals surface area contributed by atoms with Gasteiger partial charge >= 0.3 is 6.18 Å². The number of sulfonamides is 1. The molecular formula is C47H54F4N10O7S. The molecule has 3 saturated heterocycles. The van der Waals surface area contributed by atoms with Crippen LogP contribution in [0.1, 0.15) is 104 Å². The number of carbonyl (C=O) groups is 4. The Bertz CT molecular complexity index is 2790. The van der Waals surface area contributed by atoms with Crippen LogP contribution in [0.2, 0.25) is 0 Å². The molecule has 0 bridgehead atoms. The first-order valence-corrected chi connectivity index (χ1v) is 24.7. The highest BCUT2D eigenvalue weighted by Crippen LogP contribution is 2.45. The Balaban J connectivity index is 0.844. The number of benzene rings is 2. The van der Waals surface area contributed by atoms with Crippen LogP contribution in [-0.4, -0.2) is 117 Å². The molecule has 2 aromatic carbocycles. The van der Waals surface area contributed by atoms with E-state index in [-0.39, 0.29) is 53.1 Å². The fourth-order valence-corrected chi connectivity index (χ4v) is 11.3. The van der Waals surface area contributed by atoms with E-state index in [2.05, 4.69) is 30.2 Å². The fraction of sp³-hybridized carbons (Fsp3) is 0.511. The number of nitrogens with zero attached hydrogens (tertiary/aromatic N) is 8. The fourth-order valence-electron chi connectivity index (χ4n) is 10.8. The normalized spacial score (nSPS) is 22.6. The quantitative estimate of drug-likeness (QED) is 0.127. The van der Waals surface area contributed by atoms with Crippen molar-refractivity contribution < 1.29 is 50.3 Å². The molecule has 1 unspecified atom stereocenters. The number of hydrogen-bond acceptors (Lipinski definition) is 13. The summed E-state index contributed by atoms with van der Waals surface area (Å²) >= 11 is 0.